The van der Waals surface area contributed by atoms with Gasteiger partial charge in [0.15, 0.2) is 0 Å². The molecule has 24 heavy (non-hydrogen) atoms. The van der Waals surface area contributed by atoms with Gasteiger partial charge in [-0.15, -0.1) is 0 Å². The summed E-state index contributed by atoms with van der Waals surface area (Å²) in [6.07, 6.45) is 6.87. The van der Waals surface area contributed by atoms with Gasteiger partial charge >= 0.3 is 0 Å². The zero-order chi connectivity index (χ0) is 17.7. The lowest BCUT2D eigenvalue weighted by molar-refractivity contribution is 0.111. The van der Waals surface area contributed by atoms with Gasteiger partial charge in [-0.1, -0.05) is 13.8 Å². The minimum absolute atomic E-state index is 0.281. The maximum Gasteiger partial charge on any atom is 0.228 e. The maximum atomic E-state index is 6.18. The number of aromatic nitrogens is 1. The fourth-order valence-electron chi connectivity index (χ4n) is 3.04. The highest BCUT2D eigenvalue weighted by Gasteiger charge is 2.25. The van der Waals surface area contributed by atoms with Gasteiger partial charge in [-0.05, 0) is 73.4 Å². The molecule has 2 rings (SSSR count). The molecule has 0 spiro atoms. The third kappa shape index (κ3) is 5.20. The highest BCUT2D eigenvalue weighted by Crippen LogP contribution is 2.35. The van der Waals surface area contributed by atoms with Crippen LogP contribution in [-0.4, -0.2) is 35.9 Å². The Morgan fingerprint density at radius 2 is 2.04 bits per heavy atom. The van der Waals surface area contributed by atoms with Gasteiger partial charge in [0.2, 0.25) is 5.88 Å². The monoisotopic (exact) mass is 395 g/mol. The lowest BCUT2D eigenvalue weighted by atomic mass is 9.80. The second-order valence-electron chi connectivity index (χ2n) is 7.10. The van der Waals surface area contributed by atoms with E-state index in [2.05, 4.69) is 46.7 Å². The Hall–Kier alpha value is -1.10. The van der Waals surface area contributed by atoms with Crippen LogP contribution in [-0.2, 0) is 0 Å². The van der Waals surface area contributed by atoms with Gasteiger partial charge in [-0.2, -0.15) is 0 Å². The van der Waals surface area contributed by atoms with Crippen LogP contribution in [0.4, 0.5) is 5.69 Å². The van der Waals surface area contributed by atoms with Gasteiger partial charge in [0, 0.05) is 13.6 Å². The summed E-state index contributed by atoms with van der Waals surface area (Å²) in [6, 6.07) is 2.00. The largest absolute Gasteiger partial charge is 0.474 e. The molecule has 4 nitrogen and oxygen atoms in total. The SMILES string of the molecule is CCN(C)/C=N/c1cc(Br)c(O[C@H]2CC[C@@H](C(C)C)CC2)nc1C. The summed E-state index contributed by atoms with van der Waals surface area (Å²) >= 11 is 3.59. The van der Waals surface area contributed by atoms with Crippen molar-refractivity contribution in [3.8, 4) is 5.88 Å². The molecule has 0 N–H and O–H groups in total. The Bertz CT molecular complexity index is 566. The van der Waals surface area contributed by atoms with Crippen LogP contribution in [0, 0.1) is 18.8 Å². The van der Waals surface area contributed by atoms with E-state index < -0.39 is 0 Å². The number of ether oxygens (including phenoxy) is 1. The molecule has 1 saturated carbocycles. The van der Waals surface area contributed by atoms with E-state index in [1.54, 1.807) is 0 Å². The molecule has 134 valence electrons. The second kappa shape index (κ2) is 8.84. The first-order valence-electron chi connectivity index (χ1n) is 8.98. The topological polar surface area (TPSA) is 37.7 Å². The second-order valence-corrected chi connectivity index (χ2v) is 7.95. The number of hydrogen-bond donors (Lipinski definition) is 0. The predicted molar refractivity (Wildman–Crippen MR) is 104 cm³/mol. The number of pyridine rings is 1. The predicted octanol–water partition coefficient (Wildman–Crippen LogP) is 5.36. The lowest BCUT2D eigenvalue weighted by Crippen LogP contribution is -2.26. The van der Waals surface area contributed by atoms with Crippen molar-refractivity contribution < 1.29 is 4.74 Å². The Labute approximate surface area is 154 Å². The van der Waals surface area contributed by atoms with Gasteiger partial charge in [-0.3, -0.25) is 0 Å². The Kier molecular flexibility index (Phi) is 7.08. The van der Waals surface area contributed by atoms with Crippen LogP contribution in [0.15, 0.2) is 15.5 Å². The summed E-state index contributed by atoms with van der Waals surface area (Å²) in [4.78, 5) is 11.2. The molecule has 0 atom stereocenters. The number of halogens is 1. The van der Waals surface area contributed by atoms with Crippen molar-refractivity contribution in [2.45, 2.75) is 59.5 Å². The average Bonchev–Trinajstić information content (AvgIpc) is 2.56. The fraction of sp³-hybridized carbons (Fsp3) is 0.684. The maximum absolute atomic E-state index is 6.18. The molecule has 1 aromatic rings. The summed E-state index contributed by atoms with van der Waals surface area (Å²) in [5, 5.41) is 0. The van der Waals surface area contributed by atoms with Gasteiger partial charge < -0.3 is 9.64 Å². The lowest BCUT2D eigenvalue weighted by Gasteiger charge is -2.31. The van der Waals surface area contributed by atoms with Crippen molar-refractivity contribution >= 4 is 28.0 Å². The molecular formula is C19H30BrN3O. The van der Waals surface area contributed by atoms with Gasteiger partial charge in [0.25, 0.3) is 0 Å². The zero-order valence-corrected chi connectivity index (χ0v) is 17.1. The highest BCUT2D eigenvalue weighted by molar-refractivity contribution is 9.10. The summed E-state index contributed by atoms with van der Waals surface area (Å²) in [5.41, 5.74) is 1.77. The van der Waals surface area contributed by atoms with E-state index in [4.69, 9.17) is 4.74 Å². The van der Waals surface area contributed by atoms with E-state index in [9.17, 15) is 0 Å². The van der Waals surface area contributed by atoms with Crippen molar-refractivity contribution in [3.63, 3.8) is 0 Å². The minimum atomic E-state index is 0.281. The molecule has 0 bridgehead atoms. The van der Waals surface area contributed by atoms with E-state index in [0.717, 1.165) is 47.1 Å². The average molecular weight is 396 g/mol. The standard InChI is InChI=1S/C19H30BrN3O/c1-6-23(5)12-21-18-11-17(20)19(22-14(18)4)24-16-9-7-15(8-10-16)13(2)3/h11-13,15-16H,6-10H2,1-5H3/b21-12+/t15-,16+. The molecule has 1 aliphatic carbocycles. The molecule has 5 heteroatoms. The molecule has 0 unspecified atom stereocenters. The summed E-state index contributed by atoms with van der Waals surface area (Å²) in [5.74, 6) is 2.31. The van der Waals surface area contributed by atoms with Crippen molar-refractivity contribution in [2.24, 2.45) is 16.8 Å². The Morgan fingerprint density at radius 1 is 1.38 bits per heavy atom. The third-order valence-corrected chi connectivity index (χ3v) is 5.51. The quantitative estimate of drug-likeness (QED) is 0.480. The van der Waals surface area contributed by atoms with Gasteiger partial charge in [-0.25, -0.2) is 9.98 Å². The smallest absolute Gasteiger partial charge is 0.228 e. The van der Waals surface area contributed by atoms with Crippen molar-refractivity contribution in [3.05, 3.63) is 16.2 Å². The molecule has 0 aliphatic heterocycles. The van der Waals surface area contributed by atoms with E-state index in [-0.39, 0.29) is 6.10 Å². The van der Waals surface area contributed by atoms with Crippen LogP contribution < -0.4 is 4.74 Å². The zero-order valence-electron chi connectivity index (χ0n) is 15.6. The van der Waals surface area contributed by atoms with Crippen LogP contribution in [0.3, 0.4) is 0 Å². The molecule has 1 aromatic heterocycles. The number of aryl methyl sites for hydroxylation is 1. The minimum Gasteiger partial charge on any atom is -0.474 e. The van der Waals surface area contributed by atoms with E-state index in [1.807, 2.05) is 31.3 Å². The Balaban J connectivity index is 2.02. The molecule has 0 radical (unpaired) electrons. The first kappa shape index (κ1) is 19.2. The van der Waals surface area contributed by atoms with Crippen LogP contribution >= 0.6 is 15.9 Å². The van der Waals surface area contributed by atoms with Crippen LogP contribution in [0.25, 0.3) is 0 Å². The summed E-state index contributed by atoms with van der Waals surface area (Å²) in [7, 11) is 2.01. The number of rotatable bonds is 6. The number of nitrogens with zero attached hydrogens (tertiary/aromatic N) is 3. The molecule has 1 fully saturated rings. The summed E-state index contributed by atoms with van der Waals surface area (Å²) in [6.45, 7) is 9.65. The highest BCUT2D eigenvalue weighted by atomic mass is 79.9. The van der Waals surface area contributed by atoms with Gasteiger partial charge in [0.05, 0.1) is 22.2 Å². The number of aliphatic imine (C=N–C) groups is 1. The number of hydrogen-bond acceptors (Lipinski definition) is 3. The van der Waals surface area contributed by atoms with E-state index in [1.165, 1.54) is 12.8 Å². The Morgan fingerprint density at radius 3 is 2.62 bits per heavy atom. The van der Waals surface area contributed by atoms with E-state index >= 15 is 0 Å². The first-order chi connectivity index (χ1) is 11.4. The molecule has 0 amide bonds. The molecule has 1 aliphatic rings. The molecule has 1 heterocycles. The van der Waals surface area contributed by atoms with Crippen molar-refractivity contribution in [2.75, 3.05) is 13.6 Å². The van der Waals surface area contributed by atoms with E-state index in [0.29, 0.717) is 5.88 Å². The normalized spacial score (nSPS) is 21.5. The van der Waals surface area contributed by atoms with Crippen LogP contribution in [0.5, 0.6) is 5.88 Å². The third-order valence-electron chi connectivity index (χ3n) is 4.94. The molecular weight excluding hydrogens is 366 g/mol. The van der Waals surface area contributed by atoms with Crippen LogP contribution in [0.1, 0.15) is 52.1 Å². The van der Waals surface area contributed by atoms with Gasteiger partial charge in [0.1, 0.15) is 6.10 Å². The van der Waals surface area contributed by atoms with Crippen molar-refractivity contribution in [1.82, 2.24) is 9.88 Å². The fourth-order valence-corrected chi connectivity index (χ4v) is 3.43. The summed E-state index contributed by atoms with van der Waals surface area (Å²) < 4.78 is 7.06. The van der Waals surface area contributed by atoms with Crippen molar-refractivity contribution in [1.29, 1.82) is 0 Å². The van der Waals surface area contributed by atoms with Crippen LogP contribution in [0.2, 0.25) is 0 Å². The first-order valence-corrected chi connectivity index (χ1v) is 9.78. The molecule has 0 aromatic carbocycles. The molecule has 0 saturated heterocycles.